The molecule has 2 aromatic rings. The fourth-order valence-electron chi connectivity index (χ4n) is 2.64. The van der Waals surface area contributed by atoms with E-state index in [0.717, 1.165) is 16.8 Å². The number of amides is 1. The fourth-order valence-corrected chi connectivity index (χ4v) is 2.64. The van der Waals surface area contributed by atoms with Gasteiger partial charge >= 0.3 is 0 Å². The van der Waals surface area contributed by atoms with Crippen LogP contribution in [0, 0.1) is 6.92 Å². The first-order chi connectivity index (χ1) is 12.0. The van der Waals surface area contributed by atoms with Crippen LogP contribution in [0.15, 0.2) is 53.1 Å². The molecule has 3 rings (SSSR count). The lowest BCUT2D eigenvalue weighted by molar-refractivity contribution is -0.114. The fraction of sp³-hybridized carbons (Fsp3) is 0.200. The summed E-state index contributed by atoms with van der Waals surface area (Å²) in [6.45, 7) is 3.83. The van der Waals surface area contributed by atoms with Crippen LogP contribution in [0.25, 0.3) is 6.08 Å². The minimum Gasteiger partial charge on any atom is -0.497 e. The predicted octanol–water partition coefficient (Wildman–Crippen LogP) is 3.82. The smallest absolute Gasteiger partial charge is 0.280 e. The number of ether oxygens (including phenoxy) is 2. The highest BCUT2D eigenvalue weighted by atomic mass is 16.5. The zero-order valence-electron chi connectivity index (χ0n) is 14.7. The van der Waals surface area contributed by atoms with E-state index in [1.54, 1.807) is 26.4 Å². The standard InChI is InChI=1S/C20H20N2O3/c1-13-5-8-16(9-6-13)22-20(23)18(14(2)21-22)11-15-7-10-17(24-3)12-19(15)25-4/h5-12H,1-4H3/b18-11+. The molecule has 0 radical (unpaired) electrons. The van der Waals surface area contributed by atoms with E-state index in [1.165, 1.54) is 5.01 Å². The Kier molecular flexibility index (Phi) is 4.57. The lowest BCUT2D eigenvalue weighted by Crippen LogP contribution is -2.21. The van der Waals surface area contributed by atoms with Crippen molar-refractivity contribution in [3.05, 3.63) is 59.2 Å². The van der Waals surface area contributed by atoms with Crippen LogP contribution in [0.2, 0.25) is 0 Å². The van der Waals surface area contributed by atoms with Gasteiger partial charge in [0.25, 0.3) is 5.91 Å². The van der Waals surface area contributed by atoms with Crippen LogP contribution in [0.1, 0.15) is 18.1 Å². The van der Waals surface area contributed by atoms with Gasteiger partial charge in [0.05, 0.1) is 31.2 Å². The Morgan fingerprint density at radius 3 is 2.36 bits per heavy atom. The summed E-state index contributed by atoms with van der Waals surface area (Å²) in [6.07, 6.45) is 1.80. The molecule has 1 amide bonds. The van der Waals surface area contributed by atoms with Crippen LogP contribution in [-0.2, 0) is 4.79 Å². The van der Waals surface area contributed by atoms with E-state index in [1.807, 2.05) is 50.2 Å². The van der Waals surface area contributed by atoms with Gasteiger partial charge in [-0.2, -0.15) is 10.1 Å². The van der Waals surface area contributed by atoms with Crippen LogP contribution in [0.4, 0.5) is 5.69 Å². The highest BCUT2D eigenvalue weighted by Gasteiger charge is 2.28. The normalized spacial score (nSPS) is 15.5. The predicted molar refractivity (Wildman–Crippen MR) is 99.3 cm³/mol. The van der Waals surface area contributed by atoms with Crippen molar-refractivity contribution in [3.63, 3.8) is 0 Å². The van der Waals surface area contributed by atoms with Gasteiger partial charge in [0.1, 0.15) is 11.5 Å². The Hall–Kier alpha value is -3.08. The number of hydrogen-bond acceptors (Lipinski definition) is 4. The molecular weight excluding hydrogens is 316 g/mol. The number of hydrazone groups is 1. The highest BCUT2D eigenvalue weighted by Crippen LogP contribution is 2.30. The molecule has 1 aliphatic rings. The first-order valence-corrected chi connectivity index (χ1v) is 7.94. The topological polar surface area (TPSA) is 51.1 Å². The maximum Gasteiger partial charge on any atom is 0.280 e. The first kappa shape index (κ1) is 16.8. The monoisotopic (exact) mass is 336 g/mol. The zero-order chi connectivity index (χ0) is 18.0. The summed E-state index contributed by atoms with van der Waals surface area (Å²) in [5, 5.41) is 5.83. The van der Waals surface area contributed by atoms with E-state index in [9.17, 15) is 4.79 Å². The Balaban J connectivity index is 1.96. The number of hydrogen-bond donors (Lipinski definition) is 0. The number of rotatable bonds is 4. The number of nitrogens with zero attached hydrogens (tertiary/aromatic N) is 2. The molecular formula is C20H20N2O3. The number of anilines is 1. The Morgan fingerprint density at radius 1 is 1.00 bits per heavy atom. The van der Waals surface area contributed by atoms with Gasteiger partial charge in [0.15, 0.2) is 0 Å². The molecule has 0 atom stereocenters. The van der Waals surface area contributed by atoms with Crippen LogP contribution in [0.3, 0.4) is 0 Å². The maximum absolute atomic E-state index is 12.8. The minimum atomic E-state index is -0.153. The average molecular weight is 336 g/mol. The van der Waals surface area contributed by atoms with Crippen LogP contribution in [-0.4, -0.2) is 25.8 Å². The number of aryl methyl sites for hydroxylation is 1. The molecule has 0 aliphatic carbocycles. The summed E-state index contributed by atoms with van der Waals surface area (Å²) in [5.74, 6) is 1.18. The lowest BCUT2D eigenvalue weighted by atomic mass is 10.1. The van der Waals surface area contributed by atoms with Crippen molar-refractivity contribution < 1.29 is 14.3 Å². The van der Waals surface area contributed by atoms with E-state index in [2.05, 4.69) is 5.10 Å². The average Bonchev–Trinajstić information content (AvgIpc) is 2.91. The molecule has 5 nitrogen and oxygen atoms in total. The number of benzene rings is 2. The molecule has 128 valence electrons. The van der Waals surface area contributed by atoms with Crippen molar-refractivity contribution in [2.75, 3.05) is 19.2 Å². The second-order valence-corrected chi connectivity index (χ2v) is 5.80. The molecule has 0 unspecified atom stereocenters. The van der Waals surface area contributed by atoms with Gasteiger partial charge in [-0.25, -0.2) is 0 Å². The summed E-state index contributed by atoms with van der Waals surface area (Å²) in [5.41, 5.74) is 3.90. The molecule has 0 fully saturated rings. The molecule has 5 heteroatoms. The van der Waals surface area contributed by atoms with Crippen molar-refractivity contribution in [2.24, 2.45) is 5.10 Å². The molecule has 0 N–H and O–H groups in total. The van der Waals surface area contributed by atoms with E-state index in [-0.39, 0.29) is 5.91 Å². The molecule has 0 spiro atoms. The van der Waals surface area contributed by atoms with Crippen LogP contribution < -0.4 is 14.5 Å². The summed E-state index contributed by atoms with van der Waals surface area (Å²) >= 11 is 0. The molecule has 2 aromatic carbocycles. The quantitative estimate of drug-likeness (QED) is 0.798. The molecule has 0 aromatic heterocycles. The number of carbonyl (C=O) groups excluding carboxylic acids is 1. The van der Waals surface area contributed by atoms with Gasteiger partial charge in [-0.15, -0.1) is 0 Å². The lowest BCUT2D eigenvalue weighted by Gasteiger charge is -2.12. The highest BCUT2D eigenvalue weighted by molar-refractivity contribution is 6.32. The SMILES string of the molecule is COc1ccc(/C=C2/C(=O)N(c3ccc(C)cc3)N=C2C)c(OC)c1. The number of carbonyl (C=O) groups is 1. The van der Waals surface area contributed by atoms with Gasteiger partial charge in [-0.1, -0.05) is 17.7 Å². The summed E-state index contributed by atoms with van der Waals surface area (Å²) in [4.78, 5) is 12.8. The number of methoxy groups -OCH3 is 2. The molecule has 0 bridgehead atoms. The first-order valence-electron chi connectivity index (χ1n) is 7.94. The maximum atomic E-state index is 12.8. The van der Waals surface area contributed by atoms with Gasteiger partial charge < -0.3 is 9.47 Å². The van der Waals surface area contributed by atoms with Crippen molar-refractivity contribution >= 4 is 23.4 Å². The Morgan fingerprint density at radius 2 is 1.72 bits per heavy atom. The van der Waals surface area contributed by atoms with Crippen molar-refractivity contribution in [1.29, 1.82) is 0 Å². The largest absolute Gasteiger partial charge is 0.497 e. The van der Waals surface area contributed by atoms with Gasteiger partial charge in [-0.05, 0) is 44.2 Å². The summed E-state index contributed by atoms with van der Waals surface area (Å²) in [6, 6.07) is 13.2. The van der Waals surface area contributed by atoms with Crippen molar-refractivity contribution in [3.8, 4) is 11.5 Å². The third kappa shape index (κ3) is 3.26. The zero-order valence-corrected chi connectivity index (χ0v) is 14.7. The third-order valence-corrected chi connectivity index (χ3v) is 4.08. The molecule has 1 aliphatic heterocycles. The van der Waals surface area contributed by atoms with Gasteiger partial charge in [-0.3, -0.25) is 4.79 Å². The third-order valence-electron chi connectivity index (χ3n) is 4.08. The molecule has 1 heterocycles. The molecule has 25 heavy (non-hydrogen) atoms. The second kappa shape index (κ2) is 6.81. The van der Waals surface area contributed by atoms with Gasteiger partial charge in [0, 0.05) is 11.6 Å². The van der Waals surface area contributed by atoms with Crippen molar-refractivity contribution in [2.45, 2.75) is 13.8 Å². The van der Waals surface area contributed by atoms with E-state index < -0.39 is 0 Å². The Labute approximate surface area is 147 Å². The molecule has 0 saturated carbocycles. The van der Waals surface area contributed by atoms with Crippen LogP contribution >= 0.6 is 0 Å². The van der Waals surface area contributed by atoms with Crippen LogP contribution in [0.5, 0.6) is 11.5 Å². The summed E-state index contributed by atoms with van der Waals surface area (Å²) < 4.78 is 10.6. The van der Waals surface area contributed by atoms with Gasteiger partial charge in [0.2, 0.25) is 0 Å². The molecule has 0 saturated heterocycles. The van der Waals surface area contributed by atoms with E-state index in [4.69, 9.17) is 9.47 Å². The summed E-state index contributed by atoms with van der Waals surface area (Å²) in [7, 11) is 3.19. The van der Waals surface area contributed by atoms with E-state index in [0.29, 0.717) is 22.8 Å². The Bertz CT molecular complexity index is 867. The van der Waals surface area contributed by atoms with Crippen molar-refractivity contribution in [1.82, 2.24) is 0 Å². The minimum absolute atomic E-state index is 0.153. The van der Waals surface area contributed by atoms with E-state index >= 15 is 0 Å². The second-order valence-electron chi connectivity index (χ2n) is 5.80.